The number of hydrogen-bond donors (Lipinski definition) is 2. The van der Waals surface area contributed by atoms with Crippen LogP contribution < -0.4 is 10.6 Å². The molecule has 1 aliphatic carbocycles. The molecule has 0 saturated heterocycles. The number of hydrogen-bond acceptors (Lipinski definition) is 5. The highest BCUT2D eigenvalue weighted by Gasteiger charge is 2.38. The van der Waals surface area contributed by atoms with Gasteiger partial charge in [0.1, 0.15) is 17.6 Å². The molecule has 2 aliphatic rings. The summed E-state index contributed by atoms with van der Waals surface area (Å²) in [5, 5.41) is 17.6. The zero-order valence-corrected chi connectivity index (χ0v) is 17.8. The van der Waals surface area contributed by atoms with E-state index in [-0.39, 0.29) is 23.1 Å². The van der Waals surface area contributed by atoms with E-state index in [0.29, 0.717) is 11.3 Å². The van der Waals surface area contributed by atoms with Crippen LogP contribution in [0.5, 0.6) is 0 Å². The highest BCUT2D eigenvalue weighted by molar-refractivity contribution is 6.01. The average molecular weight is 429 g/mol. The van der Waals surface area contributed by atoms with Crippen LogP contribution in [0, 0.1) is 15.5 Å². The Balaban J connectivity index is 1.55. The van der Waals surface area contributed by atoms with E-state index in [0.717, 1.165) is 41.1 Å². The lowest BCUT2D eigenvalue weighted by atomic mass is 9.88. The smallest absolute Gasteiger partial charge is 0.269 e. The molecule has 0 saturated carbocycles. The molecular formula is C25H23N3O4. The molecule has 0 spiro atoms. The van der Waals surface area contributed by atoms with E-state index in [9.17, 15) is 14.9 Å². The number of non-ortho nitro benzene ring substituents is 1. The highest BCUT2D eigenvalue weighted by Crippen LogP contribution is 2.47. The monoisotopic (exact) mass is 429 g/mol. The molecule has 2 N–H and O–H groups in total. The molecule has 1 unspecified atom stereocenters. The SMILES string of the molecule is CC1(C)CC2=C(C1)C(c1ccc(-c3ccc([N+](=O)[O-])cc3)o1)Nc1ccccc1C(=O)N2. The minimum absolute atomic E-state index is 0.0299. The molecule has 1 amide bonds. The van der Waals surface area contributed by atoms with Gasteiger partial charge in [-0.05, 0) is 60.2 Å². The van der Waals surface area contributed by atoms with Crippen LogP contribution in [0.2, 0.25) is 0 Å². The maximum absolute atomic E-state index is 12.9. The summed E-state index contributed by atoms with van der Waals surface area (Å²) < 4.78 is 6.24. The molecule has 1 aromatic heterocycles. The first-order valence-electron chi connectivity index (χ1n) is 10.5. The maximum atomic E-state index is 12.9. The van der Waals surface area contributed by atoms with Gasteiger partial charge in [-0.3, -0.25) is 14.9 Å². The number of anilines is 1. The highest BCUT2D eigenvalue weighted by atomic mass is 16.6. The minimum Gasteiger partial charge on any atom is -0.459 e. The molecule has 1 aliphatic heterocycles. The van der Waals surface area contributed by atoms with Crippen molar-refractivity contribution in [2.45, 2.75) is 32.7 Å². The number of fused-ring (bicyclic) bond motifs is 1. The second kappa shape index (κ2) is 7.37. The Kier molecular flexibility index (Phi) is 4.62. The van der Waals surface area contributed by atoms with E-state index in [4.69, 9.17) is 4.42 Å². The lowest BCUT2D eigenvalue weighted by Gasteiger charge is -2.26. The number of nitro benzene ring substituents is 1. The number of nitrogens with zero attached hydrogens (tertiary/aromatic N) is 1. The molecular weight excluding hydrogens is 406 g/mol. The third kappa shape index (κ3) is 3.56. The topological polar surface area (TPSA) is 97.4 Å². The van der Waals surface area contributed by atoms with E-state index in [1.807, 2.05) is 36.4 Å². The van der Waals surface area contributed by atoms with Crippen LogP contribution in [0.1, 0.15) is 48.8 Å². The van der Waals surface area contributed by atoms with Crippen LogP contribution in [0.15, 0.2) is 76.4 Å². The zero-order chi connectivity index (χ0) is 22.5. The molecule has 0 bridgehead atoms. The summed E-state index contributed by atoms with van der Waals surface area (Å²) in [6, 6.07) is 17.3. The van der Waals surface area contributed by atoms with Crippen molar-refractivity contribution in [3.05, 3.63) is 93.4 Å². The molecule has 3 aromatic rings. The summed E-state index contributed by atoms with van der Waals surface area (Å²) in [5.74, 6) is 1.26. The van der Waals surface area contributed by atoms with Gasteiger partial charge in [0.15, 0.2) is 0 Å². The van der Waals surface area contributed by atoms with Gasteiger partial charge >= 0.3 is 0 Å². The molecule has 2 aromatic carbocycles. The van der Waals surface area contributed by atoms with Gasteiger partial charge in [0.2, 0.25) is 0 Å². The third-order valence-corrected chi connectivity index (χ3v) is 6.07. The predicted molar refractivity (Wildman–Crippen MR) is 121 cm³/mol. The largest absolute Gasteiger partial charge is 0.459 e. The first-order valence-corrected chi connectivity index (χ1v) is 10.5. The number of carbonyl (C=O) groups excluding carboxylic acids is 1. The van der Waals surface area contributed by atoms with Gasteiger partial charge < -0.3 is 15.1 Å². The van der Waals surface area contributed by atoms with Gasteiger partial charge in [-0.1, -0.05) is 26.0 Å². The van der Waals surface area contributed by atoms with Gasteiger partial charge in [-0.15, -0.1) is 0 Å². The molecule has 1 atom stereocenters. The van der Waals surface area contributed by atoms with Crippen molar-refractivity contribution < 1.29 is 14.1 Å². The molecule has 7 nitrogen and oxygen atoms in total. The van der Waals surface area contributed by atoms with Crippen molar-refractivity contribution in [2.24, 2.45) is 5.41 Å². The van der Waals surface area contributed by atoms with Crippen LogP contribution in [0.4, 0.5) is 11.4 Å². The van der Waals surface area contributed by atoms with E-state index in [2.05, 4.69) is 24.5 Å². The summed E-state index contributed by atoms with van der Waals surface area (Å²) in [6.45, 7) is 4.39. The first-order chi connectivity index (χ1) is 15.3. The Morgan fingerprint density at radius 3 is 2.53 bits per heavy atom. The van der Waals surface area contributed by atoms with E-state index < -0.39 is 4.92 Å². The fraction of sp³-hybridized carbons (Fsp3) is 0.240. The number of amides is 1. The number of rotatable bonds is 3. The van der Waals surface area contributed by atoms with Crippen LogP contribution in [-0.2, 0) is 0 Å². The summed E-state index contributed by atoms with van der Waals surface area (Å²) in [5.41, 5.74) is 4.24. The van der Waals surface area contributed by atoms with Crippen LogP contribution >= 0.6 is 0 Å². The number of para-hydroxylation sites is 1. The quantitative estimate of drug-likeness (QED) is 0.403. The summed E-state index contributed by atoms with van der Waals surface area (Å²) in [7, 11) is 0. The Morgan fingerprint density at radius 1 is 1.03 bits per heavy atom. The molecule has 32 heavy (non-hydrogen) atoms. The van der Waals surface area contributed by atoms with Crippen LogP contribution in [0.3, 0.4) is 0 Å². The van der Waals surface area contributed by atoms with E-state index in [1.54, 1.807) is 12.1 Å². The number of carbonyl (C=O) groups is 1. The summed E-state index contributed by atoms with van der Waals surface area (Å²) in [6.07, 6.45) is 1.61. The van der Waals surface area contributed by atoms with E-state index in [1.165, 1.54) is 12.1 Å². The first kappa shape index (κ1) is 20.1. The molecule has 0 fully saturated rings. The lowest BCUT2D eigenvalue weighted by molar-refractivity contribution is -0.384. The summed E-state index contributed by atoms with van der Waals surface area (Å²) >= 11 is 0. The number of nitrogens with one attached hydrogen (secondary N) is 2. The molecule has 162 valence electrons. The fourth-order valence-corrected chi connectivity index (χ4v) is 4.58. The van der Waals surface area contributed by atoms with Crippen molar-refractivity contribution in [3.63, 3.8) is 0 Å². The molecule has 0 radical (unpaired) electrons. The van der Waals surface area contributed by atoms with Crippen molar-refractivity contribution in [3.8, 4) is 11.3 Å². The molecule has 2 heterocycles. The Hall–Kier alpha value is -3.87. The summed E-state index contributed by atoms with van der Waals surface area (Å²) in [4.78, 5) is 23.4. The van der Waals surface area contributed by atoms with E-state index >= 15 is 0 Å². The molecule has 7 heteroatoms. The fourth-order valence-electron chi connectivity index (χ4n) is 4.58. The van der Waals surface area contributed by atoms with Crippen molar-refractivity contribution >= 4 is 17.3 Å². The van der Waals surface area contributed by atoms with Crippen molar-refractivity contribution in [2.75, 3.05) is 5.32 Å². The Labute approximate surface area is 185 Å². The van der Waals surface area contributed by atoms with Gasteiger partial charge in [0, 0.05) is 29.1 Å². The lowest BCUT2D eigenvalue weighted by Crippen LogP contribution is -2.29. The Bertz CT molecular complexity index is 1250. The second-order valence-corrected chi connectivity index (χ2v) is 9.10. The minimum atomic E-state index is -0.419. The number of benzene rings is 2. The Morgan fingerprint density at radius 2 is 1.78 bits per heavy atom. The maximum Gasteiger partial charge on any atom is 0.269 e. The van der Waals surface area contributed by atoms with Crippen LogP contribution in [-0.4, -0.2) is 10.8 Å². The predicted octanol–water partition coefficient (Wildman–Crippen LogP) is 5.83. The van der Waals surface area contributed by atoms with Crippen molar-refractivity contribution in [1.29, 1.82) is 0 Å². The third-order valence-electron chi connectivity index (χ3n) is 6.07. The van der Waals surface area contributed by atoms with Gasteiger partial charge in [0.25, 0.3) is 11.6 Å². The zero-order valence-electron chi connectivity index (χ0n) is 17.8. The number of allylic oxidation sites excluding steroid dienone is 1. The number of nitro groups is 1. The average Bonchev–Trinajstić information content (AvgIpc) is 3.35. The van der Waals surface area contributed by atoms with Gasteiger partial charge in [-0.2, -0.15) is 0 Å². The van der Waals surface area contributed by atoms with Crippen molar-refractivity contribution in [1.82, 2.24) is 5.32 Å². The normalized spacial score (nSPS) is 19.3. The van der Waals surface area contributed by atoms with Gasteiger partial charge in [-0.25, -0.2) is 0 Å². The molecule has 5 rings (SSSR count). The van der Waals surface area contributed by atoms with Crippen LogP contribution in [0.25, 0.3) is 11.3 Å². The second-order valence-electron chi connectivity index (χ2n) is 9.10. The number of furan rings is 1. The standard InChI is InChI=1S/C25H23N3O4/c1-25(2)13-18-20(14-25)27-24(29)17-5-3-4-6-19(17)26-23(18)22-12-11-21(32-22)15-7-9-16(10-8-15)28(30)31/h3-12,23,26H,13-14H2,1-2H3,(H,27,29). The van der Waals surface area contributed by atoms with Gasteiger partial charge in [0.05, 0.1) is 10.5 Å².